The van der Waals surface area contributed by atoms with E-state index in [4.69, 9.17) is 4.74 Å². The van der Waals surface area contributed by atoms with Crippen molar-refractivity contribution < 1.29 is 40.2 Å². The molecule has 0 bridgehead atoms. The first-order valence-corrected chi connectivity index (χ1v) is 10.9. The summed E-state index contributed by atoms with van der Waals surface area (Å²) in [6, 6.07) is 8.94. The lowest BCUT2D eigenvalue weighted by Crippen LogP contribution is -2.62. The average molecular weight is 471 g/mol. The van der Waals surface area contributed by atoms with Gasteiger partial charge in [0, 0.05) is 5.56 Å². The van der Waals surface area contributed by atoms with Crippen LogP contribution in [0, 0.1) is 0 Å². The van der Waals surface area contributed by atoms with Crippen LogP contribution in [-0.2, 0) is 16.8 Å². The van der Waals surface area contributed by atoms with Gasteiger partial charge in [0.1, 0.15) is 35.4 Å². The van der Waals surface area contributed by atoms with E-state index < -0.39 is 36.3 Å². The Morgan fingerprint density at radius 3 is 2.41 bits per heavy atom. The number of hydrogen-bond donors (Lipinski definition) is 6. The van der Waals surface area contributed by atoms with Crippen LogP contribution in [0.4, 0.5) is 0 Å². The molecule has 0 aromatic heterocycles. The number of phenolic OH excluding ortho intramolecular Hbond substituents is 2. The Balaban J connectivity index is 2.08. The summed E-state index contributed by atoms with van der Waals surface area (Å²) < 4.78 is 5.37. The second kappa shape index (κ2) is 10.5. The van der Waals surface area contributed by atoms with E-state index in [1.807, 2.05) is 13.8 Å². The van der Waals surface area contributed by atoms with E-state index in [2.05, 4.69) is 0 Å². The lowest BCUT2D eigenvalue weighted by Gasteiger charge is -2.45. The number of rotatable bonds is 7. The van der Waals surface area contributed by atoms with Gasteiger partial charge >= 0.3 is 0 Å². The Hall–Kier alpha value is -3.01. The second-order valence-corrected chi connectivity index (χ2v) is 8.60. The molecule has 8 heteroatoms. The number of aliphatic hydroxyl groups excluding tert-OH is 3. The number of carbonyl (C=O) groups is 1. The van der Waals surface area contributed by atoms with Crippen LogP contribution >= 0.6 is 0 Å². The van der Waals surface area contributed by atoms with Crippen molar-refractivity contribution >= 4 is 11.9 Å². The molecule has 2 aromatic carbocycles. The molecule has 0 amide bonds. The van der Waals surface area contributed by atoms with Crippen LogP contribution in [-0.4, -0.2) is 67.9 Å². The number of aliphatic hydroxyl groups is 4. The van der Waals surface area contributed by atoms with Gasteiger partial charge in [-0.3, -0.25) is 4.79 Å². The molecular weight excluding hydrogens is 440 g/mol. The Morgan fingerprint density at radius 2 is 1.79 bits per heavy atom. The van der Waals surface area contributed by atoms with E-state index in [1.54, 1.807) is 18.2 Å². The minimum absolute atomic E-state index is 0.0214. The number of aromatic hydroxyl groups is 2. The van der Waals surface area contributed by atoms with Crippen LogP contribution in [0.25, 0.3) is 6.08 Å². The van der Waals surface area contributed by atoms with Crippen molar-refractivity contribution in [3.05, 3.63) is 76.4 Å². The molecular formula is C26H30O8. The van der Waals surface area contributed by atoms with Crippen LogP contribution < -0.4 is 0 Å². The third kappa shape index (κ3) is 5.06. The third-order valence-electron chi connectivity index (χ3n) is 5.95. The molecule has 4 atom stereocenters. The number of ether oxygens (including phenoxy) is 1. The summed E-state index contributed by atoms with van der Waals surface area (Å²) in [5, 5.41) is 62.5. The number of phenols is 2. The first kappa shape index (κ1) is 25.6. The summed E-state index contributed by atoms with van der Waals surface area (Å²) in [5.74, 6) is -0.784. The van der Waals surface area contributed by atoms with Gasteiger partial charge in [0.15, 0.2) is 5.78 Å². The lowest BCUT2D eigenvalue weighted by atomic mass is 9.76. The molecule has 182 valence electrons. The van der Waals surface area contributed by atoms with Gasteiger partial charge in [0.05, 0.1) is 18.8 Å². The maximum absolute atomic E-state index is 12.9. The lowest BCUT2D eigenvalue weighted by molar-refractivity contribution is -0.255. The predicted octanol–water partition coefficient (Wildman–Crippen LogP) is 1.80. The van der Waals surface area contributed by atoms with Gasteiger partial charge < -0.3 is 35.4 Å². The van der Waals surface area contributed by atoms with Gasteiger partial charge in [-0.15, -0.1) is 0 Å². The summed E-state index contributed by atoms with van der Waals surface area (Å²) in [7, 11) is 0. The van der Waals surface area contributed by atoms with Gasteiger partial charge in [-0.1, -0.05) is 35.9 Å². The highest BCUT2D eigenvalue weighted by atomic mass is 16.5. The third-order valence-corrected chi connectivity index (χ3v) is 5.95. The van der Waals surface area contributed by atoms with Crippen LogP contribution in [0.1, 0.15) is 40.9 Å². The number of hydrogen-bond acceptors (Lipinski definition) is 8. The zero-order valence-corrected chi connectivity index (χ0v) is 19.0. The molecule has 0 saturated carbocycles. The van der Waals surface area contributed by atoms with Crippen molar-refractivity contribution in [1.29, 1.82) is 0 Å². The maximum Gasteiger partial charge on any atom is 0.189 e. The van der Waals surface area contributed by atoms with Crippen molar-refractivity contribution in [2.45, 2.75) is 44.2 Å². The van der Waals surface area contributed by atoms with Gasteiger partial charge in [0.2, 0.25) is 0 Å². The molecule has 8 nitrogen and oxygen atoms in total. The van der Waals surface area contributed by atoms with Crippen molar-refractivity contribution in [3.8, 4) is 11.5 Å². The number of benzene rings is 2. The molecule has 1 saturated heterocycles. The molecule has 0 radical (unpaired) electrons. The van der Waals surface area contributed by atoms with Gasteiger partial charge in [-0.05, 0) is 55.7 Å². The van der Waals surface area contributed by atoms with E-state index in [-0.39, 0.29) is 41.2 Å². The van der Waals surface area contributed by atoms with Gasteiger partial charge in [-0.25, -0.2) is 0 Å². The fourth-order valence-electron chi connectivity index (χ4n) is 4.01. The number of allylic oxidation sites excluding steroid dienone is 3. The van der Waals surface area contributed by atoms with Crippen LogP contribution in [0.5, 0.6) is 11.5 Å². The van der Waals surface area contributed by atoms with Crippen molar-refractivity contribution in [3.63, 3.8) is 0 Å². The molecule has 6 N–H and O–H groups in total. The van der Waals surface area contributed by atoms with E-state index >= 15 is 0 Å². The normalized spacial score (nSPS) is 24.8. The Kier molecular flexibility index (Phi) is 7.91. The number of carbonyl (C=O) groups excluding carboxylic acids is 1. The Morgan fingerprint density at radius 1 is 1.12 bits per heavy atom. The van der Waals surface area contributed by atoms with Gasteiger partial charge in [0.25, 0.3) is 0 Å². The highest BCUT2D eigenvalue weighted by Gasteiger charge is 2.53. The quantitative estimate of drug-likeness (QED) is 0.204. The molecule has 1 heterocycles. The maximum atomic E-state index is 12.9. The highest BCUT2D eigenvalue weighted by molar-refractivity contribution is 6.09. The summed E-state index contributed by atoms with van der Waals surface area (Å²) in [6.45, 7) is 2.78. The fourth-order valence-corrected chi connectivity index (χ4v) is 4.01. The largest absolute Gasteiger partial charge is 0.508 e. The van der Waals surface area contributed by atoms with E-state index in [1.165, 1.54) is 36.4 Å². The summed E-state index contributed by atoms with van der Waals surface area (Å²) in [4.78, 5) is 12.9. The molecule has 1 fully saturated rings. The van der Waals surface area contributed by atoms with Crippen molar-refractivity contribution in [1.82, 2.24) is 0 Å². The molecule has 0 spiro atoms. The van der Waals surface area contributed by atoms with Crippen LogP contribution in [0.15, 0.2) is 54.1 Å². The molecule has 0 aliphatic carbocycles. The molecule has 3 rings (SSSR count). The first-order valence-electron chi connectivity index (χ1n) is 10.9. The zero-order valence-electron chi connectivity index (χ0n) is 19.0. The van der Waals surface area contributed by atoms with Crippen molar-refractivity contribution in [2.75, 3.05) is 13.2 Å². The van der Waals surface area contributed by atoms with Crippen LogP contribution in [0.3, 0.4) is 0 Å². The summed E-state index contributed by atoms with van der Waals surface area (Å²) in [5.41, 5.74) is -0.441. The molecule has 1 aliphatic heterocycles. The minimum atomic E-state index is -2.22. The predicted molar refractivity (Wildman–Crippen MR) is 125 cm³/mol. The second-order valence-electron chi connectivity index (χ2n) is 8.60. The fraction of sp³-hybridized carbons (Fsp3) is 0.346. The molecule has 34 heavy (non-hydrogen) atoms. The topological polar surface area (TPSA) is 148 Å². The smallest absolute Gasteiger partial charge is 0.189 e. The highest BCUT2D eigenvalue weighted by Crippen LogP contribution is 2.41. The van der Waals surface area contributed by atoms with E-state index in [9.17, 15) is 35.4 Å². The zero-order chi connectivity index (χ0) is 25.0. The van der Waals surface area contributed by atoms with Crippen molar-refractivity contribution in [2.24, 2.45) is 0 Å². The molecule has 2 aromatic rings. The summed E-state index contributed by atoms with van der Waals surface area (Å²) >= 11 is 0. The Bertz CT molecular complexity index is 1080. The van der Waals surface area contributed by atoms with Gasteiger partial charge in [-0.2, -0.15) is 0 Å². The standard InChI is InChI=1S/C26H30O8/c1-15(2)3-9-18-20(26(33)23(13-27)34-14-22(30)25(26)32)11-10-19(24(18)31)21(29)12-6-16-4-7-17(28)8-5-16/h3-8,10-12,22-23,25,27-28,30-33H,9,13-14H2,1-2H3/b12-6+/t22-,23+,25+,26+/m0/s1. The number of ketones is 1. The SMILES string of the molecule is CC(C)=CCc1c([C@]2(O)[C@H](O)[C@@H](O)CO[C@@H]2CO)ccc(C(=O)/C=C/c2ccc(O)cc2)c1O. The average Bonchev–Trinajstić information content (AvgIpc) is 2.81. The summed E-state index contributed by atoms with van der Waals surface area (Å²) in [6.07, 6.45) is 0.347. The Labute approximate surface area is 197 Å². The van der Waals surface area contributed by atoms with E-state index in [0.717, 1.165) is 5.57 Å². The molecule has 0 unspecified atom stereocenters. The van der Waals surface area contributed by atoms with Crippen LogP contribution in [0.2, 0.25) is 0 Å². The minimum Gasteiger partial charge on any atom is -0.508 e. The van der Waals surface area contributed by atoms with E-state index in [0.29, 0.717) is 5.56 Å². The first-order chi connectivity index (χ1) is 16.1. The molecule has 1 aliphatic rings. The monoisotopic (exact) mass is 470 g/mol.